The van der Waals surface area contributed by atoms with Crippen LogP contribution in [-0.2, 0) is 15.8 Å². The van der Waals surface area contributed by atoms with Crippen molar-refractivity contribution < 1.29 is 8.42 Å². The van der Waals surface area contributed by atoms with Crippen LogP contribution in [0.4, 0.5) is 0 Å². The second kappa shape index (κ2) is 8.47. The van der Waals surface area contributed by atoms with Crippen LogP contribution in [0.15, 0.2) is 24.3 Å². The maximum atomic E-state index is 12.1. The summed E-state index contributed by atoms with van der Waals surface area (Å²) in [6, 6.07) is 6.98. The van der Waals surface area contributed by atoms with Gasteiger partial charge in [-0.25, -0.2) is 13.1 Å². The second-order valence-corrected chi connectivity index (χ2v) is 9.09. The molecule has 2 rings (SSSR count). The number of likely N-dealkylation sites (tertiary alicyclic amines) is 1. The van der Waals surface area contributed by atoms with E-state index in [1.54, 1.807) is 24.3 Å². The van der Waals surface area contributed by atoms with Crippen LogP contribution in [0.5, 0.6) is 0 Å². The zero-order valence-electron chi connectivity index (χ0n) is 14.0. The van der Waals surface area contributed by atoms with Gasteiger partial charge < -0.3 is 4.90 Å². The van der Waals surface area contributed by atoms with Gasteiger partial charge in [-0.1, -0.05) is 37.6 Å². The van der Waals surface area contributed by atoms with E-state index in [0.717, 1.165) is 37.9 Å². The Morgan fingerprint density at radius 3 is 2.61 bits per heavy atom. The molecule has 0 unspecified atom stereocenters. The quantitative estimate of drug-likeness (QED) is 0.762. The van der Waals surface area contributed by atoms with E-state index in [2.05, 4.69) is 23.5 Å². The summed E-state index contributed by atoms with van der Waals surface area (Å²) in [4.78, 5) is 2.45. The predicted molar refractivity (Wildman–Crippen MR) is 96.1 cm³/mol. The van der Waals surface area contributed by atoms with Crippen molar-refractivity contribution in [2.75, 3.05) is 26.2 Å². The summed E-state index contributed by atoms with van der Waals surface area (Å²) in [5.41, 5.74) is 0.712. The Hall–Kier alpha value is -0.620. The number of rotatable bonds is 7. The fourth-order valence-corrected chi connectivity index (χ4v) is 4.79. The van der Waals surface area contributed by atoms with Crippen LogP contribution >= 0.6 is 11.6 Å². The first-order valence-corrected chi connectivity index (χ1v) is 10.3. The first-order valence-electron chi connectivity index (χ1n) is 8.28. The maximum absolute atomic E-state index is 12.1. The molecule has 0 aromatic heterocycles. The number of piperidine rings is 1. The van der Waals surface area contributed by atoms with Crippen molar-refractivity contribution >= 4 is 21.6 Å². The molecule has 6 heteroatoms. The monoisotopic (exact) mass is 358 g/mol. The largest absolute Gasteiger partial charge is 0.303 e. The molecule has 4 nitrogen and oxygen atoms in total. The number of nitrogens with zero attached hydrogens (tertiary/aromatic N) is 1. The molecule has 0 aliphatic carbocycles. The zero-order valence-corrected chi connectivity index (χ0v) is 15.5. The first-order chi connectivity index (χ1) is 10.8. The Morgan fingerprint density at radius 1 is 1.26 bits per heavy atom. The highest BCUT2D eigenvalue weighted by Gasteiger charge is 2.21. The molecule has 1 N–H and O–H groups in total. The van der Waals surface area contributed by atoms with Crippen LogP contribution in [0.25, 0.3) is 0 Å². The molecule has 0 amide bonds. The Bertz CT molecular complexity index is 596. The maximum Gasteiger partial charge on any atom is 0.215 e. The molecule has 23 heavy (non-hydrogen) atoms. The van der Waals surface area contributed by atoms with Gasteiger partial charge in [-0.3, -0.25) is 0 Å². The second-order valence-electron chi connectivity index (χ2n) is 6.84. The first kappa shape index (κ1) is 18.7. The third-order valence-corrected chi connectivity index (χ3v) is 5.76. The van der Waals surface area contributed by atoms with Gasteiger partial charge in [0.05, 0.1) is 5.75 Å². The van der Waals surface area contributed by atoms with Crippen molar-refractivity contribution in [1.29, 1.82) is 0 Å². The summed E-state index contributed by atoms with van der Waals surface area (Å²) >= 11 is 5.89. The van der Waals surface area contributed by atoms with Gasteiger partial charge in [0.15, 0.2) is 0 Å². The van der Waals surface area contributed by atoms with Crippen molar-refractivity contribution in [3.05, 3.63) is 34.9 Å². The number of halogens is 1. The molecule has 1 aliphatic rings. The molecule has 1 aromatic carbocycles. The fraction of sp³-hybridized carbons (Fsp3) is 0.647. The third-order valence-electron chi connectivity index (χ3n) is 4.16. The van der Waals surface area contributed by atoms with E-state index in [1.807, 2.05) is 0 Å². The highest BCUT2D eigenvalue weighted by atomic mass is 35.5. The lowest BCUT2D eigenvalue weighted by atomic mass is 9.92. The lowest BCUT2D eigenvalue weighted by Gasteiger charge is -2.34. The molecule has 2 atom stereocenters. The number of hydrogen-bond donors (Lipinski definition) is 1. The Labute approximate surface area is 145 Å². The van der Waals surface area contributed by atoms with Crippen LogP contribution in [0.1, 0.15) is 32.3 Å². The Kier molecular flexibility index (Phi) is 6.89. The molecule has 0 bridgehead atoms. The molecular weight excluding hydrogens is 332 g/mol. The molecule has 130 valence electrons. The highest BCUT2D eigenvalue weighted by Crippen LogP contribution is 2.20. The lowest BCUT2D eigenvalue weighted by molar-refractivity contribution is 0.140. The standard InChI is InChI=1S/C17H27ClN2O2S/c1-14-9-15(2)12-20(11-14)8-4-7-19-23(21,22)13-16-5-3-6-17(18)10-16/h3,5-6,10,14-15,19H,4,7-9,11-13H2,1-2H3/t14-,15-/m1/s1. The molecule has 1 heterocycles. The van der Waals surface area contributed by atoms with E-state index < -0.39 is 10.0 Å². The van der Waals surface area contributed by atoms with Crippen molar-refractivity contribution in [3.8, 4) is 0 Å². The molecular formula is C17H27ClN2O2S. The van der Waals surface area contributed by atoms with Crippen LogP contribution in [0.2, 0.25) is 5.02 Å². The van der Waals surface area contributed by atoms with E-state index in [0.29, 0.717) is 17.1 Å². The van der Waals surface area contributed by atoms with Gasteiger partial charge in [0.25, 0.3) is 0 Å². The van der Waals surface area contributed by atoms with E-state index >= 15 is 0 Å². The molecule has 0 spiro atoms. The third kappa shape index (κ3) is 6.79. The van der Waals surface area contributed by atoms with Gasteiger partial charge >= 0.3 is 0 Å². The van der Waals surface area contributed by atoms with E-state index in [1.165, 1.54) is 6.42 Å². The molecule has 1 saturated heterocycles. The van der Waals surface area contributed by atoms with E-state index in [-0.39, 0.29) is 5.75 Å². The smallest absolute Gasteiger partial charge is 0.215 e. The number of hydrogen-bond acceptors (Lipinski definition) is 3. The van der Waals surface area contributed by atoms with Gasteiger partial charge in [0.1, 0.15) is 0 Å². The van der Waals surface area contributed by atoms with E-state index in [4.69, 9.17) is 11.6 Å². The SMILES string of the molecule is C[C@@H]1C[C@@H](C)CN(CCCNS(=O)(=O)Cc2cccc(Cl)c2)C1. The van der Waals surface area contributed by atoms with Crippen LogP contribution < -0.4 is 4.72 Å². The average Bonchev–Trinajstić information content (AvgIpc) is 2.42. The Morgan fingerprint density at radius 2 is 1.96 bits per heavy atom. The van der Waals surface area contributed by atoms with Gasteiger partial charge in [-0.15, -0.1) is 0 Å². The van der Waals surface area contributed by atoms with Crippen molar-refractivity contribution in [1.82, 2.24) is 9.62 Å². The predicted octanol–water partition coefficient (Wildman–Crippen LogP) is 3.13. The van der Waals surface area contributed by atoms with Gasteiger partial charge in [0.2, 0.25) is 10.0 Å². The summed E-state index contributed by atoms with van der Waals surface area (Å²) in [5, 5.41) is 0.561. The van der Waals surface area contributed by atoms with Crippen LogP contribution in [0, 0.1) is 11.8 Å². The molecule has 0 saturated carbocycles. The molecule has 0 radical (unpaired) electrons. The van der Waals surface area contributed by atoms with Crippen molar-refractivity contribution in [2.24, 2.45) is 11.8 Å². The van der Waals surface area contributed by atoms with Crippen LogP contribution in [-0.4, -0.2) is 39.5 Å². The van der Waals surface area contributed by atoms with Gasteiger partial charge in [-0.05, 0) is 48.9 Å². The zero-order chi connectivity index (χ0) is 16.9. The van der Waals surface area contributed by atoms with Gasteiger partial charge in [0, 0.05) is 24.7 Å². The molecule has 1 aromatic rings. The minimum Gasteiger partial charge on any atom is -0.303 e. The molecule has 1 fully saturated rings. The lowest BCUT2D eigenvalue weighted by Crippen LogP contribution is -2.40. The number of benzene rings is 1. The highest BCUT2D eigenvalue weighted by molar-refractivity contribution is 7.88. The van der Waals surface area contributed by atoms with Crippen molar-refractivity contribution in [3.63, 3.8) is 0 Å². The van der Waals surface area contributed by atoms with E-state index in [9.17, 15) is 8.42 Å². The average molecular weight is 359 g/mol. The summed E-state index contributed by atoms with van der Waals surface area (Å²) in [5.74, 6) is 1.45. The molecule has 1 aliphatic heterocycles. The minimum absolute atomic E-state index is 0.0225. The minimum atomic E-state index is -3.30. The summed E-state index contributed by atoms with van der Waals surface area (Å²) in [6.07, 6.45) is 2.14. The number of nitrogens with one attached hydrogen (secondary N) is 1. The summed E-state index contributed by atoms with van der Waals surface area (Å²) in [7, 11) is -3.30. The van der Waals surface area contributed by atoms with Gasteiger partial charge in [-0.2, -0.15) is 0 Å². The number of sulfonamides is 1. The summed E-state index contributed by atoms with van der Waals surface area (Å²) in [6.45, 7) is 8.27. The summed E-state index contributed by atoms with van der Waals surface area (Å²) < 4.78 is 26.9. The van der Waals surface area contributed by atoms with Crippen molar-refractivity contribution in [2.45, 2.75) is 32.4 Å². The normalized spacial score (nSPS) is 23.1. The Balaban J connectivity index is 1.72. The van der Waals surface area contributed by atoms with Crippen LogP contribution in [0.3, 0.4) is 0 Å². The fourth-order valence-electron chi connectivity index (χ4n) is 3.40. The topological polar surface area (TPSA) is 49.4 Å².